The van der Waals surface area contributed by atoms with E-state index in [1.807, 2.05) is 0 Å². The molecule has 1 rings (SSSR count). The molecule has 1 heterocycles. The fourth-order valence-corrected chi connectivity index (χ4v) is 0.695. The summed E-state index contributed by atoms with van der Waals surface area (Å²) in [5.41, 5.74) is 0. The average molecular weight is 160 g/mol. The Labute approximate surface area is 64.9 Å². The summed E-state index contributed by atoms with van der Waals surface area (Å²) in [6.45, 7) is 1.29. The first kappa shape index (κ1) is 8.45. The Morgan fingerprint density at radius 3 is 3.09 bits per heavy atom. The highest BCUT2D eigenvalue weighted by molar-refractivity contribution is 5.55. The molecule has 5 nitrogen and oxygen atoms in total. The van der Waals surface area contributed by atoms with Gasteiger partial charge in [-0.2, -0.15) is 0 Å². The van der Waals surface area contributed by atoms with Crippen molar-refractivity contribution in [1.29, 1.82) is 0 Å². The number of nitrogens with zero attached hydrogens (tertiary/aromatic N) is 2. The fraction of sp³-hybridized carbons (Fsp3) is 0.833. The van der Waals surface area contributed by atoms with E-state index in [-0.39, 0.29) is 13.2 Å². The highest BCUT2D eigenvalue weighted by Crippen LogP contribution is 1.95. The van der Waals surface area contributed by atoms with Gasteiger partial charge in [0.2, 0.25) is 0 Å². The van der Waals surface area contributed by atoms with Crippen molar-refractivity contribution in [2.75, 3.05) is 26.3 Å². The molecule has 1 unspecified atom stereocenters. The summed E-state index contributed by atoms with van der Waals surface area (Å²) in [5, 5.41) is 18.8. The zero-order chi connectivity index (χ0) is 8.10. The molecule has 1 atom stereocenters. The Hall–Kier alpha value is -0.650. The third kappa shape index (κ3) is 2.83. The van der Waals surface area contributed by atoms with Crippen molar-refractivity contribution in [2.45, 2.75) is 6.10 Å². The molecular weight excluding hydrogens is 148 g/mol. The van der Waals surface area contributed by atoms with Crippen LogP contribution in [0.5, 0.6) is 0 Å². The van der Waals surface area contributed by atoms with Crippen LogP contribution in [0.1, 0.15) is 0 Å². The largest absolute Gasteiger partial charge is 0.394 e. The van der Waals surface area contributed by atoms with E-state index >= 15 is 0 Å². The van der Waals surface area contributed by atoms with Gasteiger partial charge in [-0.05, 0) is 0 Å². The van der Waals surface area contributed by atoms with E-state index in [1.165, 1.54) is 0 Å². The minimum atomic E-state index is -0.802. The van der Waals surface area contributed by atoms with Crippen LogP contribution in [0.15, 0.2) is 4.99 Å². The normalized spacial score (nSPS) is 19.3. The van der Waals surface area contributed by atoms with Crippen LogP contribution in [-0.2, 0) is 4.84 Å². The zero-order valence-corrected chi connectivity index (χ0v) is 6.18. The summed E-state index contributed by atoms with van der Waals surface area (Å²) < 4.78 is 0. The predicted molar refractivity (Wildman–Crippen MR) is 39.1 cm³/mol. The van der Waals surface area contributed by atoms with Crippen molar-refractivity contribution >= 4 is 6.34 Å². The Morgan fingerprint density at radius 1 is 1.73 bits per heavy atom. The van der Waals surface area contributed by atoms with Crippen molar-refractivity contribution < 1.29 is 15.1 Å². The summed E-state index contributed by atoms with van der Waals surface area (Å²) in [5.74, 6) is 0. The molecule has 0 fully saturated rings. The van der Waals surface area contributed by atoms with Crippen LogP contribution < -0.4 is 0 Å². The van der Waals surface area contributed by atoms with Gasteiger partial charge in [-0.15, -0.1) is 0 Å². The molecule has 0 amide bonds. The first-order valence-corrected chi connectivity index (χ1v) is 3.51. The van der Waals surface area contributed by atoms with Gasteiger partial charge in [0.15, 0.2) is 0 Å². The number of aliphatic imine (C=N–C) groups is 1. The van der Waals surface area contributed by atoms with Crippen LogP contribution >= 0.6 is 0 Å². The van der Waals surface area contributed by atoms with Crippen LogP contribution in [0.2, 0.25) is 0 Å². The van der Waals surface area contributed by atoms with Crippen LogP contribution in [0.4, 0.5) is 0 Å². The number of hydrogen-bond acceptors (Lipinski definition) is 5. The number of aliphatic hydroxyl groups is 2. The minimum absolute atomic E-state index is 0.114. The van der Waals surface area contributed by atoms with Crippen LogP contribution in [0, 0.1) is 0 Å². The fourth-order valence-electron chi connectivity index (χ4n) is 0.695. The van der Waals surface area contributed by atoms with Crippen molar-refractivity contribution in [1.82, 2.24) is 5.06 Å². The zero-order valence-electron chi connectivity index (χ0n) is 6.18. The third-order valence-corrected chi connectivity index (χ3v) is 1.30. The molecule has 1 aliphatic rings. The minimum Gasteiger partial charge on any atom is -0.394 e. The van der Waals surface area contributed by atoms with Gasteiger partial charge in [-0.3, -0.25) is 9.83 Å². The Balaban J connectivity index is 2.06. The molecule has 0 saturated carbocycles. The van der Waals surface area contributed by atoms with Crippen LogP contribution in [-0.4, -0.2) is 54.0 Å². The standard InChI is InChI=1S/C6H12N2O3/c9-3-6(10)4-11-8-2-1-7-5-8/h5-6,9-10H,1-4H2. The van der Waals surface area contributed by atoms with Gasteiger partial charge in [0, 0.05) is 0 Å². The van der Waals surface area contributed by atoms with Gasteiger partial charge in [0.1, 0.15) is 19.0 Å². The molecule has 0 aromatic carbocycles. The molecule has 0 radical (unpaired) electrons. The van der Waals surface area contributed by atoms with Crippen molar-refractivity contribution in [3.8, 4) is 0 Å². The predicted octanol–water partition coefficient (Wildman–Crippen LogP) is -1.38. The van der Waals surface area contributed by atoms with Gasteiger partial charge in [0.05, 0.1) is 19.7 Å². The Kier molecular flexibility index (Phi) is 3.28. The van der Waals surface area contributed by atoms with E-state index in [0.29, 0.717) is 0 Å². The molecule has 0 bridgehead atoms. The molecule has 11 heavy (non-hydrogen) atoms. The highest BCUT2D eigenvalue weighted by Gasteiger charge is 2.08. The lowest BCUT2D eigenvalue weighted by molar-refractivity contribution is -0.124. The Morgan fingerprint density at radius 2 is 2.55 bits per heavy atom. The van der Waals surface area contributed by atoms with E-state index in [1.54, 1.807) is 11.4 Å². The molecule has 0 saturated heterocycles. The monoisotopic (exact) mass is 160 g/mol. The molecular formula is C6H12N2O3. The number of hydroxylamine groups is 2. The molecule has 64 valence electrons. The maximum atomic E-state index is 8.87. The molecule has 0 aromatic heterocycles. The molecule has 0 spiro atoms. The maximum Gasteiger partial charge on any atom is 0.110 e. The lowest BCUT2D eigenvalue weighted by Gasteiger charge is -2.15. The summed E-state index contributed by atoms with van der Waals surface area (Å²) in [6, 6.07) is 0. The van der Waals surface area contributed by atoms with Gasteiger partial charge >= 0.3 is 0 Å². The Bertz CT molecular complexity index is 140. The SMILES string of the molecule is OCC(O)CON1C=NCC1. The van der Waals surface area contributed by atoms with E-state index in [0.717, 1.165) is 13.1 Å². The number of aliphatic hydroxyl groups excluding tert-OH is 2. The van der Waals surface area contributed by atoms with Gasteiger partial charge in [-0.1, -0.05) is 0 Å². The van der Waals surface area contributed by atoms with E-state index in [2.05, 4.69) is 4.99 Å². The summed E-state index contributed by atoms with van der Waals surface area (Å²) >= 11 is 0. The second kappa shape index (κ2) is 4.27. The molecule has 0 aliphatic carbocycles. The number of rotatable bonds is 4. The van der Waals surface area contributed by atoms with Crippen molar-refractivity contribution in [3.05, 3.63) is 0 Å². The van der Waals surface area contributed by atoms with Crippen LogP contribution in [0.3, 0.4) is 0 Å². The third-order valence-electron chi connectivity index (χ3n) is 1.30. The van der Waals surface area contributed by atoms with Gasteiger partial charge in [0.25, 0.3) is 0 Å². The smallest absolute Gasteiger partial charge is 0.110 e. The topological polar surface area (TPSA) is 65.3 Å². The highest BCUT2D eigenvalue weighted by atomic mass is 16.7. The lowest BCUT2D eigenvalue weighted by atomic mass is 10.4. The van der Waals surface area contributed by atoms with E-state index < -0.39 is 6.10 Å². The number of hydrogen-bond donors (Lipinski definition) is 2. The van der Waals surface area contributed by atoms with Gasteiger partial charge in [-0.25, -0.2) is 5.06 Å². The first-order chi connectivity index (χ1) is 5.33. The van der Waals surface area contributed by atoms with E-state index in [4.69, 9.17) is 15.1 Å². The second-order valence-corrected chi connectivity index (χ2v) is 2.29. The first-order valence-electron chi connectivity index (χ1n) is 3.51. The summed E-state index contributed by atoms with van der Waals surface area (Å²) in [7, 11) is 0. The molecule has 1 aliphatic heterocycles. The average Bonchev–Trinajstić information content (AvgIpc) is 2.52. The molecule has 2 N–H and O–H groups in total. The molecule has 0 aromatic rings. The second-order valence-electron chi connectivity index (χ2n) is 2.29. The van der Waals surface area contributed by atoms with Crippen molar-refractivity contribution in [3.63, 3.8) is 0 Å². The summed E-state index contributed by atoms with van der Waals surface area (Å²) in [4.78, 5) is 8.93. The van der Waals surface area contributed by atoms with E-state index in [9.17, 15) is 0 Å². The van der Waals surface area contributed by atoms with Crippen molar-refractivity contribution in [2.24, 2.45) is 4.99 Å². The quantitative estimate of drug-likeness (QED) is 0.531. The van der Waals surface area contributed by atoms with Crippen LogP contribution in [0.25, 0.3) is 0 Å². The lowest BCUT2D eigenvalue weighted by Crippen LogP contribution is -2.28. The van der Waals surface area contributed by atoms with Gasteiger partial charge < -0.3 is 10.2 Å². The maximum absolute atomic E-state index is 8.87. The summed E-state index contributed by atoms with van der Waals surface area (Å²) in [6.07, 6.45) is 0.772. The molecule has 5 heteroatoms.